The number of ether oxygens (including phenoxy) is 1. The molecule has 0 radical (unpaired) electrons. The average molecular weight is 345 g/mol. The number of amides is 2. The number of carbonyl (C=O) groups is 1. The van der Waals surface area contributed by atoms with E-state index in [4.69, 9.17) is 15.0 Å². The van der Waals surface area contributed by atoms with E-state index < -0.39 is 17.9 Å². The predicted molar refractivity (Wildman–Crippen MR) is 80.7 cm³/mol. The van der Waals surface area contributed by atoms with Gasteiger partial charge in [-0.2, -0.15) is 13.2 Å². The lowest BCUT2D eigenvalue weighted by atomic mass is 10.0. The summed E-state index contributed by atoms with van der Waals surface area (Å²) in [6.07, 6.45) is -2.85. The number of hydrogen-bond acceptors (Lipinski definition) is 4. The number of benzene rings is 1. The summed E-state index contributed by atoms with van der Waals surface area (Å²) in [4.78, 5) is 10.6. The van der Waals surface area contributed by atoms with Gasteiger partial charge in [-0.05, 0) is 25.0 Å². The van der Waals surface area contributed by atoms with Gasteiger partial charge in [-0.25, -0.2) is 4.79 Å². The van der Waals surface area contributed by atoms with Crippen molar-refractivity contribution in [3.63, 3.8) is 0 Å². The lowest BCUT2D eigenvalue weighted by Crippen LogP contribution is -2.30. The molecule has 2 aromatic rings. The summed E-state index contributed by atoms with van der Waals surface area (Å²) < 4.78 is 49.3. The van der Waals surface area contributed by atoms with Gasteiger partial charge in [0.1, 0.15) is 5.75 Å². The minimum atomic E-state index is -4.57. The smallest absolute Gasteiger partial charge is 0.437 e. The van der Waals surface area contributed by atoms with E-state index in [0.717, 1.165) is 0 Å². The van der Waals surface area contributed by atoms with Crippen molar-refractivity contribution in [2.75, 3.05) is 13.2 Å². The van der Waals surface area contributed by atoms with Gasteiger partial charge in [0.2, 0.25) is 0 Å². The van der Waals surface area contributed by atoms with Gasteiger partial charge in [-0.1, -0.05) is 18.5 Å². The zero-order chi connectivity index (χ0) is 17.7. The molecule has 2 rings (SSSR count). The molecule has 9 heteroatoms. The molecule has 0 atom stereocenters. The first kappa shape index (κ1) is 17.9. The molecule has 3 N–H and O–H groups in total. The zero-order valence-electron chi connectivity index (χ0n) is 13.1. The van der Waals surface area contributed by atoms with E-state index in [9.17, 15) is 18.0 Å². The van der Waals surface area contributed by atoms with E-state index in [-0.39, 0.29) is 17.6 Å². The second-order valence-corrected chi connectivity index (χ2v) is 5.19. The molecule has 0 aliphatic heterocycles. The van der Waals surface area contributed by atoms with E-state index in [1.807, 2.05) is 6.92 Å². The van der Waals surface area contributed by atoms with Gasteiger partial charge in [0.05, 0.1) is 12.0 Å². The fraction of sp³-hybridized carbons (Fsp3) is 0.467. The first-order valence-corrected chi connectivity index (χ1v) is 7.49. The van der Waals surface area contributed by atoms with E-state index in [2.05, 4.69) is 10.5 Å². The van der Waals surface area contributed by atoms with Crippen molar-refractivity contribution in [2.45, 2.75) is 32.4 Å². The second-order valence-electron chi connectivity index (χ2n) is 5.19. The van der Waals surface area contributed by atoms with Crippen molar-refractivity contribution in [1.29, 1.82) is 0 Å². The van der Waals surface area contributed by atoms with Gasteiger partial charge in [-0.15, -0.1) is 0 Å². The molecule has 0 aliphatic carbocycles. The molecule has 1 heterocycles. The third-order valence-electron chi connectivity index (χ3n) is 3.35. The molecule has 0 spiro atoms. The van der Waals surface area contributed by atoms with Gasteiger partial charge >= 0.3 is 12.2 Å². The van der Waals surface area contributed by atoms with Crippen LogP contribution in [0.5, 0.6) is 5.75 Å². The van der Waals surface area contributed by atoms with Crippen LogP contribution in [0.4, 0.5) is 18.0 Å². The third-order valence-corrected chi connectivity index (χ3v) is 3.35. The van der Waals surface area contributed by atoms with Gasteiger partial charge in [0.15, 0.2) is 11.3 Å². The fourth-order valence-corrected chi connectivity index (χ4v) is 2.33. The molecular formula is C15H18F3N3O3. The number of nitrogens with two attached hydrogens (primary N) is 1. The summed E-state index contributed by atoms with van der Waals surface area (Å²) in [5.74, 6) is 0.452. The first-order chi connectivity index (χ1) is 11.3. The van der Waals surface area contributed by atoms with Crippen molar-refractivity contribution in [1.82, 2.24) is 10.5 Å². The van der Waals surface area contributed by atoms with Gasteiger partial charge < -0.3 is 20.3 Å². The summed E-state index contributed by atoms with van der Waals surface area (Å²) in [7, 11) is 0. The van der Waals surface area contributed by atoms with E-state index in [0.29, 0.717) is 37.1 Å². The molecule has 0 fully saturated rings. The topological polar surface area (TPSA) is 90.4 Å². The first-order valence-electron chi connectivity index (χ1n) is 7.49. The molecule has 0 unspecified atom stereocenters. The molecule has 0 bridgehead atoms. The highest BCUT2D eigenvalue weighted by Crippen LogP contribution is 2.38. The zero-order valence-corrected chi connectivity index (χ0v) is 13.1. The maximum absolute atomic E-state index is 12.9. The molecule has 6 nitrogen and oxygen atoms in total. The number of aromatic nitrogens is 1. The molecule has 0 aliphatic rings. The number of rotatable bonds is 7. The van der Waals surface area contributed by atoms with Crippen LogP contribution in [0, 0.1) is 0 Å². The number of aryl methyl sites for hydroxylation is 1. The maximum atomic E-state index is 12.9. The monoisotopic (exact) mass is 345 g/mol. The van der Waals surface area contributed by atoms with Crippen molar-refractivity contribution in [3.05, 3.63) is 23.4 Å². The van der Waals surface area contributed by atoms with E-state index in [1.54, 1.807) is 0 Å². The Kier molecular flexibility index (Phi) is 5.53. The summed E-state index contributed by atoms with van der Waals surface area (Å²) in [6.45, 7) is 2.53. The van der Waals surface area contributed by atoms with Crippen LogP contribution in [0.3, 0.4) is 0 Å². The lowest BCUT2D eigenvalue weighted by molar-refractivity contribution is -0.141. The second kappa shape index (κ2) is 7.41. The van der Waals surface area contributed by atoms with Crippen LogP contribution >= 0.6 is 0 Å². The highest BCUT2D eigenvalue weighted by molar-refractivity contribution is 5.85. The fourth-order valence-electron chi connectivity index (χ4n) is 2.33. The quantitative estimate of drug-likeness (QED) is 0.754. The van der Waals surface area contributed by atoms with E-state index in [1.165, 1.54) is 12.1 Å². The Balaban J connectivity index is 2.21. The molecule has 0 saturated heterocycles. The van der Waals surface area contributed by atoms with Gasteiger partial charge in [0, 0.05) is 12.1 Å². The Hall–Kier alpha value is -2.45. The van der Waals surface area contributed by atoms with Crippen LogP contribution in [0.25, 0.3) is 11.0 Å². The number of urea groups is 1. The lowest BCUT2D eigenvalue weighted by Gasteiger charge is -2.11. The maximum Gasteiger partial charge on any atom is 0.437 e. The number of halogens is 3. The Morgan fingerprint density at radius 1 is 1.42 bits per heavy atom. The summed E-state index contributed by atoms with van der Waals surface area (Å²) in [5, 5.41) is 5.51. The van der Waals surface area contributed by atoms with Crippen LogP contribution in [-0.2, 0) is 12.6 Å². The minimum absolute atomic E-state index is 0.0753. The normalized spacial score (nSPS) is 11.7. The molecule has 2 amide bonds. The Labute approximate surface area is 136 Å². The number of primary amides is 1. The summed E-state index contributed by atoms with van der Waals surface area (Å²) in [5.41, 5.74) is 4.56. The van der Waals surface area contributed by atoms with Crippen LogP contribution in [0.15, 0.2) is 16.7 Å². The SMILES string of the molecule is CCCc1c(OCCCNC(N)=O)ccc2c(C(F)(F)F)noc12. The number of hydrogen-bond donors (Lipinski definition) is 2. The summed E-state index contributed by atoms with van der Waals surface area (Å²) >= 11 is 0. The highest BCUT2D eigenvalue weighted by atomic mass is 19.4. The van der Waals surface area contributed by atoms with Crippen LogP contribution in [0.2, 0.25) is 0 Å². The van der Waals surface area contributed by atoms with Crippen molar-refractivity contribution < 1.29 is 27.2 Å². The number of nitrogens with one attached hydrogen (secondary N) is 1. The minimum Gasteiger partial charge on any atom is -0.493 e. The summed E-state index contributed by atoms with van der Waals surface area (Å²) in [6, 6.07) is 2.16. The molecule has 0 saturated carbocycles. The van der Waals surface area contributed by atoms with Crippen molar-refractivity contribution in [3.8, 4) is 5.75 Å². The number of carbonyl (C=O) groups excluding carboxylic acids is 1. The van der Waals surface area contributed by atoms with E-state index >= 15 is 0 Å². The Morgan fingerprint density at radius 2 is 2.17 bits per heavy atom. The molecule has 132 valence electrons. The number of alkyl halides is 3. The Bertz CT molecular complexity index is 713. The van der Waals surface area contributed by atoms with Gasteiger partial charge in [0.25, 0.3) is 0 Å². The van der Waals surface area contributed by atoms with Crippen molar-refractivity contribution >= 4 is 17.0 Å². The average Bonchev–Trinajstić information content (AvgIpc) is 2.92. The largest absolute Gasteiger partial charge is 0.493 e. The number of fused-ring (bicyclic) bond motifs is 1. The number of nitrogens with zero attached hydrogens (tertiary/aromatic N) is 1. The molecule has 1 aromatic carbocycles. The molecule has 1 aromatic heterocycles. The molecular weight excluding hydrogens is 327 g/mol. The molecule has 24 heavy (non-hydrogen) atoms. The predicted octanol–water partition coefficient (Wildman–Crippen LogP) is 3.24. The highest BCUT2D eigenvalue weighted by Gasteiger charge is 2.37. The standard InChI is InChI=1S/C15H18F3N3O3/c1-2-4-9-11(23-8-3-7-20-14(19)22)6-5-10-12(9)24-21-13(10)15(16,17)18/h5-6H,2-4,7-8H2,1H3,(H3,19,20,22). The van der Waals surface area contributed by atoms with Crippen molar-refractivity contribution in [2.24, 2.45) is 5.73 Å². The van der Waals surface area contributed by atoms with Crippen LogP contribution < -0.4 is 15.8 Å². The third kappa shape index (κ3) is 4.09. The Morgan fingerprint density at radius 3 is 2.79 bits per heavy atom. The van der Waals surface area contributed by atoms with Gasteiger partial charge in [-0.3, -0.25) is 0 Å². The van der Waals surface area contributed by atoms with Crippen LogP contribution in [-0.4, -0.2) is 24.3 Å². The van der Waals surface area contributed by atoms with Crippen LogP contribution in [0.1, 0.15) is 31.0 Å².